The Morgan fingerprint density at radius 2 is 1.90 bits per heavy atom. The van der Waals surface area contributed by atoms with Crippen LogP contribution in [0.15, 0.2) is 47.3 Å². The number of fused-ring (bicyclic) bond motifs is 1. The van der Waals surface area contributed by atoms with Crippen LogP contribution in [0.5, 0.6) is 5.75 Å². The minimum Gasteiger partial charge on any atom is -0.491 e. The number of carbonyl (C=O) groups is 1. The lowest BCUT2D eigenvalue weighted by Crippen LogP contribution is -2.31. The van der Waals surface area contributed by atoms with Gasteiger partial charge in [0, 0.05) is 11.9 Å². The normalized spacial score (nSPS) is 10.9. The molecular weight excluding hydrogens is 383 g/mol. The molecule has 5 nitrogen and oxygen atoms in total. The summed E-state index contributed by atoms with van der Waals surface area (Å²) >= 11 is 0. The quantitative estimate of drug-likeness (QED) is 0.510. The molecule has 3 rings (SSSR count). The lowest BCUT2D eigenvalue weighted by Gasteiger charge is -2.13. The number of nitrogens with one attached hydrogen (secondary N) is 2. The van der Waals surface area contributed by atoms with E-state index in [0.29, 0.717) is 30.8 Å². The molecule has 1 aromatic heterocycles. The topological polar surface area (TPSA) is 71.2 Å². The highest BCUT2D eigenvalue weighted by molar-refractivity contribution is 5.98. The van der Waals surface area contributed by atoms with Crippen LogP contribution in [-0.2, 0) is 6.42 Å². The van der Waals surface area contributed by atoms with Gasteiger partial charge in [-0.2, -0.15) is 0 Å². The average Bonchev–Trinajstić information content (AvgIpc) is 2.73. The van der Waals surface area contributed by atoms with E-state index < -0.39 is 11.5 Å². The Hall–Kier alpha value is -3.15. The lowest BCUT2D eigenvalue weighted by atomic mass is 10.1. The Balaban J connectivity index is 1.73. The largest absolute Gasteiger partial charge is 0.491 e. The first-order valence-electron chi connectivity index (χ1n) is 10.3. The van der Waals surface area contributed by atoms with Crippen LogP contribution in [0.4, 0.5) is 4.39 Å². The van der Waals surface area contributed by atoms with E-state index in [2.05, 4.69) is 17.2 Å². The van der Waals surface area contributed by atoms with Gasteiger partial charge in [-0.1, -0.05) is 44.0 Å². The number of ether oxygens (including phenoxy) is 1. The number of H-pyrrole nitrogens is 1. The van der Waals surface area contributed by atoms with Gasteiger partial charge in [-0.25, -0.2) is 4.39 Å². The summed E-state index contributed by atoms with van der Waals surface area (Å²) in [5, 5.41) is 3.50. The molecule has 0 unspecified atom stereocenters. The number of pyridine rings is 1. The highest BCUT2D eigenvalue weighted by Crippen LogP contribution is 2.27. The molecule has 0 bridgehead atoms. The van der Waals surface area contributed by atoms with Gasteiger partial charge in [0.1, 0.15) is 17.1 Å². The zero-order chi connectivity index (χ0) is 21.5. The summed E-state index contributed by atoms with van der Waals surface area (Å²) in [5.41, 5.74) is 2.06. The number of aromatic amines is 1. The Bertz CT molecular complexity index is 1070. The minimum atomic E-state index is -0.453. The molecule has 0 fully saturated rings. The maximum absolute atomic E-state index is 13.0. The van der Waals surface area contributed by atoms with Gasteiger partial charge in [0.25, 0.3) is 11.5 Å². The fourth-order valence-corrected chi connectivity index (χ4v) is 3.30. The lowest BCUT2D eigenvalue weighted by molar-refractivity contribution is 0.0953. The third kappa shape index (κ3) is 5.26. The molecule has 0 aliphatic carbocycles. The molecule has 158 valence electrons. The van der Waals surface area contributed by atoms with Crippen molar-refractivity contribution in [1.29, 1.82) is 0 Å². The molecule has 1 amide bonds. The fraction of sp³-hybridized carbons (Fsp3) is 0.333. The predicted molar refractivity (Wildman–Crippen MR) is 117 cm³/mol. The first-order chi connectivity index (χ1) is 14.5. The highest BCUT2D eigenvalue weighted by atomic mass is 19.1. The van der Waals surface area contributed by atoms with Gasteiger partial charge in [0.05, 0.1) is 12.1 Å². The molecule has 6 heteroatoms. The van der Waals surface area contributed by atoms with Crippen molar-refractivity contribution in [2.24, 2.45) is 0 Å². The van der Waals surface area contributed by atoms with E-state index in [1.54, 1.807) is 18.2 Å². The maximum atomic E-state index is 13.0. The molecule has 0 atom stereocenters. The summed E-state index contributed by atoms with van der Waals surface area (Å²) in [7, 11) is 0. The van der Waals surface area contributed by atoms with Crippen LogP contribution >= 0.6 is 0 Å². The van der Waals surface area contributed by atoms with Crippen LogP contribution < -0.4 is 15.6 Å². The number of carbonyl (C=O) groups excluding carboxylic acids is 1. The predicted octanol–water partition coefficient (Wildman–Crippen LogP) is 4.52. The van der Waals surface area contributed by atoms with Crippen LogP contribution in [0.25, 0.3) is 10.9 Å². The van der Waals surface area contributed by atoms with E-state index >= 15 is 0 Å². The number of halogens is 1. The monoisotopic (exact) mass is 410 g/mol. The van der Waals surface area contributed by atoms with E-state index in [9.17, 15) is 14.0 Å². The van der Waals surface area contributed by atoms with E-state index in [-0.39, 0.29) is 11.4 Å². The molecule has 2 aromatic carbocycles. The van der Waals surface area contributed by atoms with E-state index in [0.717, 1.165) is 35.8 Å². The van der Waals surface area contributed by atoms with E-state index in [4.69, 9.17) is 4.74 Å². The number of aryl methyl sites for hydroxylation is 1. The standard InChI is InChI=1S/C24H27FN2O3/c1-3-4-5-14-30-22-16(2)6-9-18-15-20(24(29)27-21(18)22)23(28)26-13-12-17-7-10-19(25)11-8-17/h6-11,15H,3-5,12-14H2,1-2H3,(H,26,28)(H,27,29). The van der Waals surface area contributed by atoms with Crippen molar-refractivity contribution in [2.45, 2.75) is 39.5 Å². The molecule has 0 aliphatic rings. The van der Waals surface area contributed by atoms with Crippen LogP contribution in [0.3, 0.4) is 0 Å². The molecule has 0 saturated heterocycles. The number of hydrogen-bond acceptors (Lipinski definition) is 3. The molecule has 30 heavy (non-hydrogen) atoms. The van der Waals surface area contributed by atoms with Crippen molar-refractivity contribution < 1.29 is 13.9 Å². The van der Waals surface area contributed by atoms with Crippen molar-refractivity contribution >= 4 is 16.8 Å². The van der Waals surface area contributed by atoms with E-state index in [1.165, 1.54) is 12.1 Å². The second kappa shape index (κ2) is 10.1. The number of hydrogen-bond donors (Lipinski definition) is 2. The third-order valence-corrected chi connectivity index (χ3v) is 5.02. The van der Waals surface area contributed by atoms with Crippen molar-refractivity contribution in [1.82, 2.24) is 10.3 Å². The van der Waals surface area contributed by atoms with Gasteiger partial charge in [0.2, 0.25) is 0 Å². The number of unbranched alkanes of at least 4 members (excludes halogenated alkanes) is 2. The summed E-state index contributed by atoms with van der Waals surface area (Å²) in [5.74, 6) is -0.0790. The van der Waals surface area contributed by atoms with E-state index in [1.807, 2.05) is 19.1 Å². The Morgan fingerprint density at radius 3 is 2.63 bits per heavy atom. The Labute approximate surface area is 175 Å². The number of benzene rings is 2. The summed E-state index contributed by atoms with van der Waals surface area (Å²) in [4.78, 5) is 27.9. The van der Waals surface area contributed by atoms with Crippen molar-refractivity contribution in [3.05, 3.63) is 75.3 Å². The summed E-state index contributed by atoms with van der Waals surface area (Å²) in [6.07, 6.45) is 3.69. The third-order valence-electron chi connectivity index (χ3n) is 5.02. The van der Waals surface area contributed by atoms with Crippen molar-refractivity contribution in [3.8, 4) is 5.75 Å². The van der Waals surface area contributed by atoms with Gasteiger partial charge >= 0.3 is 0 Å². The summed E-state index contributed by atoms with van der Waals surface area (Å²) < 4.78 is 18.9. The zero-order valence-corrected chi connectivity index (χ0v) is 17.4. The van der Waals surface area contributed by atoms with Crippen LogP contribution in [-0.4, -0.2) is 24.0 Å². The van der Waals surface area contributed by atoms with Crippen molar-refractivity contribution in [2.75, 3.05) is 13.2 Å². The zero-order valence-electron chi connectivity index (χ0n) is 17.4. The van der Waals surface area contributed by atoms with Gasteiger partial charge in [-0.3, -0.25) is 9.59 Å². The van der Waals surface area contributed by atoms with Crippen LogP contribution in [0.2, 0.25) is 0 Å². The maximum Gasteiger partial charge on any atom is 0.261 e. The van der Waals surface area contributed by atoms with Crippen molar-refractivity contribution in [3.63, 3.8) is 0 Å². The highest BCUT2D eigenvalue weighted by Gasteiger charge is 2.15. The molecule has 0 saturated carbocycles. The Morgan fingerprint density at radius 1 is 1.13 bits per heavy atom. The first-order valence-corrected chi connectivity index (χ1v) is 10.3. The smallest absolute Gasteiger partial charge is 0.261 e. The second-order valence-corrected chi connectivity index (χ2v) is 7.38. The van der Waals surface area contributed by atoms with Crippen LogP contribution in [0, 0.1) is 12.7 Å². The van der Waals surface area contributed by atoms with Gasteiger partial charge < -0.3 is 15.0 Å². The van der Waals surface area contributed by atoms with Gasteiger partial charge in [-0.15, -0.1) is 0 Å². The molecule has 0 aliphatic heterocycles. The second-order valence-electron chi connectivity index (χ2n) is 7.38. The van der Waals surface area contributed by atoms with Gasteiger partial charge in [-0.05, 0) is 49.1 Å². The first kappa shape index (κ1) is 21.6. The number of rotatable bonds is 9. The van der Waals surface area contributed by atoms with Gasteiger partial charge in [0.15, 0.2) is 0 Å². The minimum absolute atomic E-state index is 0.0578. The molecular formula is C24H27FN2O3. The molecule has 0 radical (unpaired) electrons. The van der Waals surface area contributed by atoms with Crippen LogP contribution in [0.1, 0.15) is 47.7 Å². The summed E-state index contributed by atoms with van der Waals surface area (Å²) in [6.45, 7) is 5.00. The fourth-order valence-electron chi connectivity index (χ4n) is 3.30. The SMILES string of the molecule is CCCCCOc1c(C)ccc2cc(C(=O)NCCc3ccc(F)cc3)c(=O)[nH]c12. The molecule has 2 N–H and O–H groups in total. The Kier molecular flexibility index (Phi) is 7.22. The number of amides is 1. The molecule has 0 spiro atoms. The number of aromatic nitrogens is 1. The average molecular weight is 410 g/mol. The summed E-state index contributed by atoms with van der Waals surface area (Å²) in [6, 6.07) is 11.5. The molecule has 3 aromatic rings. The molecule has 1 heterocycles.